The van der Waals surface area contributed by atoms with E-state index in [-0.39, 0.29) is 0 Å². The van der Waals surface area contributed by atoms with Crippen LogP contribution in [0.2, 0.25) is 0 Å². The van der Waals surface area contributed by atoms with Crippen molar-refractivity contribution in [2.24, 2.45) is 0 Å². The second-order valence-corrected chi connectivity index (χ2v) is 8.09. The van der Waals surface area contributed by atoms with Crippen LogP contribution in [0, 0.1) is 22.7 Å². The van der Waals surface area contributed by atoms with Crippen molar-refractivity contribution in [2.45, 2.75) is 12.4 Å². The summed E-state index contributed by atoms with van der Waals surface area (Å²) in [5.74, 6) is 0. The first-order valence-corrected chi connectivity index (χ1v) is 10.1. The van der Waals surface area contributed by atoms with E-state index >= 15 is 0 Å². The van der Waals surface area contributed by atoms with Gasteiger partial charge >= 0.3 is 12.4 Å². The number of benzene rings is 3. The van der Waals surface area contributed by atoms with Gasteiger partial charge in [0.15, 0.2) is 0 Å². The van der Waals surface area contributed by atoms with Crippen LogP contribution in [-0.4, -0.2) is 0 Å². The summed E-state index contributed by atoms with van der Waals surface area (Å²) >= 11 is 1.23. The van der Waals surface area contributed by atoms with Gasteiger partial charge in [-0.3, -0.25) is 0 Å². The second-order valence-electron chi connectivity index (χ2n) is 7.04. The molecule has 0 aliphatic carbocycles. The summed E-state index contributed by atoms with van der Waals surface area (Å²) in [4.78, 5) is 0.477. The first-order chi connectivity index (χ1) is 15.5. The first-order valence-electron chi connectivity index (χ1n) is 9.29. The molecule has 0 spiro atoms. The van der Waals surface area contributed by atoms with E-state index in [1.165, 1.54) is 23.5 Å². The van der Waals surface area contributed by atoms with Gasteiger partial charge in [0.05, 0.1) is 34.4 Å². The Labute approximate surface area is 187 Å². The fraction of sp³-hybridized carbons (Fsp3) is 0.0833. The minimum atomic E-state index is -4.71. The number of thiophene rings is 1. The Morgan fingerprint density at radius 2 is 1.18 bits per heavy atom. The molecule has 0 N–H and O–H groups in total. The van der Waals surface area contributed by atoms with Crippen molar-refractivity contribution in [3.8, 4) is 33.7 Å². The number of nitrogens with zero attached hydrogens (tertiary/aromatic N) is 2. The number of hydrogen-bond acceptors (Lipinski definition) is 3. The third-order valence-corrected chi connectivity index (χ3v) is 6.26. The number of nitriles is 2. The molecule has 33 heavy (non-hydrogen) atoms. The summed E-state index contributed by atoms with van der Waals surface area (Å²) in [6.45, 7) is 0. The maximum atomic E-state index is 13.3. The number of rotatable bonds is 2. The fourth-order valence-electron chi connectivity index (χ4n) is 3.60. The number of halogens is 6. The monoisotopic (exact) mass is 472 g/mol. The quantitative estimate of drug-likeness (QED) is 0.277. The third kappa shape index (κ3) is 4.04. The minimum Gasteiger partial charge on any atom is -0.192 e. The minimum absolute atomic E-state index is 0.311. The zero-order chi connectivity index (χ0) is 24.0. The van der Waals surface area contributed by atoms with Crippen LogP contribution < -0.4 is 0 Å². The van der Waals surface area contributed by atoms with Crippen LogP contribution in [0.1, 0.15) is 22.3 Å². The molecule has 1 aromatic heterocycles. The van der Waals surface area contributed by atoms with Crippen molar-refractivity contribution in [3.05, 3.63) is 82.9 Å². The van der Waals surface area contributed by atoms with Crippen LogP contribution in [0.15, 0.2) is 60.7 Å². The molecule has 0 atom stereocenters. The molecule has 0 aliphatic heterocycles. The lowest BCUT2D eigenvalue weighted by Gasteiger charge is -2.13. The Morgan fingerprint density at radius 3 is 1.73 bits per heavy atom. The van der Waals surface area contributed by atoms with Crippen LogP contribution in [-0.2, 0) is 12.4 Å². The van der Waals surface area contributed by atoms with Gasteiger partial charge in [0.2, 0.25) is 0 Å². The van der Waals surface area contributed by atoms with Gasteiger partial charge in [-0.05, 0) is 41.5 Å². The van der Waals surface area contributed by atoms with Crippen molar-refractivity contribution < 1.29 is 26.3 Å². The smallest absolute Gasteiger partial charge is 0.192 e. The van der Waals surface area contributed by atoms with Gasteiger partial charge in [0, 0.05) is 20.5 Å². The average molecular weight is 472 g/mol. The van der Waals surface area contributed by atoms with E-state index in [1.807, 2.05) is 0 Å². The summed E-state index contributed by atoms with van der Waals surface area (Å²) in [7, 11) is 0. The molecule has 0 radical (unpaired) electrons. The standard InChI is InChI=1S/C24H10F6N2S/c25-23(26,27)18-7-5-13(9-15(18)11-31)21-17-3-1-2-4-20(17)33-22(21)14-6-8-19(24(28,29)30)16(10-14)12-32/h1-10H. The molecule has 0 saturated carbocycles. The van der Waals surface area contributed by atoms with E-state index in [4.69, 9.17) is 0 Å². The van der Waals surface area contributed by atoms with Gasteiger partial charge in [-0.15, -0.1) is 11.3 Å². The third-order valence-electron chi connectivity index (χ3n) is 5.04. The summed E-state index contributed by atoms with van der Waals surface area (Å²) in [5.41, 5.74) is -2.17. The van der Waals surface area contributed by atoms with Gasteiger partial charge in [-0.2, -0.15) is 36.9 Å². The summed E-state index contributed by atoms with van der Waals surface area (Å²) < 4.78 is 80.2. The van der Waals surface area contributed by atoms with Crippen molar-refractivity contribution >= 4 is 21.4 Å². The van der Waals surface area contributed by atoms with Gasteiger partial charge in [-0.1, -0.05) is 30.3 Å². The van der Waals surface area contributed by atoms with Gasteiger partial charge in [0.1, 0.15) is 0 Å². The summed E-state index contributed by atoms with van der Waals surface area (Å²) in [6, 6.07) is 16.5. The zero-order valence-corrected chi connectivity index (χ0v) is 17.2. The lowest BCUT2D eigenvalue weighted by molar-refractivity contribution is -0.138. The normalized spacial score (nSPS) is 11.9. The Kier molecular flexibility index (Phi) is 5.39. The SMILES string of the molecule is N#Cc1cc(-c2sc3ccccc3c2-c2ccc(C(F)(F)F)c(C#N)c2)ccc1C(F)(F)F. The Hall–Kier alpha value is -3.82. The molecule has 3 aromatic carbocycles. The molecule has 9 heteroatoms. The van der Waals surface area contributed by atoms with E-state index in [1.54, 1.807) is 36.4 Å². The predicted molar refractivity (Wildman–Crippen MR) is 112 cm³/mol. The Bertz CT molecular complexity index is 1470. The number of alkyl halides is 6. The molecule has 4 aromatic rings. The van der Waals surface area contributed by atoms with Crippen molar-refractivity contribution in [2.75, 3.05) is 0 Å². The largest absolute Gasteiger partial charge is 0.417 e. The number of fused-ring (bicyclic) bond motifs is 1. The van der Waals surface area contributed by atoms with E-state index in [9.17, 15) is 36.9 Å². The molecule has 4 rings (SSSR count). The van der Waals surface area contributed by atoms with Crippen molar-refractivity contribution in [3.63, 3.8) is 0 Å². The predicted octanol–water partition coefficient (Wildman–Crippen LogP) is 8.02. The molecule has 0 fully saturated rings. The lowest BCUT2D eigenvalue weighted by Crippen LogP contribution is -2.08. The van der Waals surface area contributed by atoms with Gasteiger partial charge in [0.25, 0.3) is 0 Å². The highest BCUT2D eigenvalue weighted by Gasteiger charge is 2.35. The van der Waals surface area contributed by atoms with E-state index < -0.39 is 34.6 Å². The van der Waals surface area contributed by atoms with Crippen LogP contribution in [0.25, 0.3) is 31.7 Å². The number of hydrogen-bond donors (Lipinski definition) is 0. The highest BCUT2D eigenvalue weighted by Crippen LogP contribution is 2.46. The molecular formula is C24H10F6N2S. The van der Waals surface area contributed by atoms with Crippen LogP contribution in [0.4, 0.5) is 26.3 Å². The van der Waals surface area contributed by atoms with Crippen LogP contribution in [0.3, 0.4) is 0 Å². The molecule has 164 valence electrons. The molecular weight excluding hydrogens is 462 g/mol. The van der Waals surface area contributed by atoms with Crippen molar-refractivity contribution in [1.82, 2.24) is 0 Å². The Morgan fingerprint density at radius 1 is 0.667 bits per heavy atom. The Balaban J connectivity index is 2.00. The maximum absolute atomic E-state index is 13.3. The summed E-state index contributed by atoms with van der Waals surface area (Å²) in [5, 5.41) is 19.2. The van der Waals surface area contributed by atoms with Gasteiger partial charge < -0.3 is 0 Å². The molecule has 0 unspecified atom stereocenters. The van der Waals surface area contributed by atoms with Crippen LogP contribution in [0.5, 0.6) is 0 Å². The molecule has 2 nitrogen and oxygen atoms in total. The molecule has 0 aliphatic rings. The van der Waals surface area contributed by atoms with Gasteiger partial charge in [-0.25, -0.2) is 0 Å². The summed E-state index contributed by atoms with van der Waals surface area (Å²) in [6.07, 6.45) is -9.42. The second kappa shape index (κ2) is 7.95. The molecule has 0 saturated heterocycles. The first kappa shape index (κ1) is 22.4. The molecule has 0 amide bonds. The zero-order valence-electron chi connectivity index (χ0n) is 16.3. The van der Waals surface area contributed by atoms with Crippen molar-refractivity contribution in [1.29, 1.82) is 10.5 Å². The van der Waals surface area contributed by atoms with E-state index in [0.717, 1.165) is 29.0 Å². The topological polar surface area (TPSA) is 47.6 Å². The fourth-order valence-corrected chi connectivity index (χ4v) is 4.82. The highest BCUT2D eigenvalue weighted by atomic mass is 32.1. The van der Waals surface area contributed by atoms with E-state index in [0.29, 0.717) is 27.0 Å². The highest BCUT2D eigenvalue weighted by molar-refractivity contribution is 7.23. The molecule has 1 heterocycles. The van der Waals surface area contributed by atoms with E-state index in [2.05, 4.69) is 0 Å². The average Bonchev–Trinajstić information content (AvgIpc) is 3.16. The maximum Gasteiger partial charge on any atom is 0.417 e. The lowest BCUT2D eigenvalue weighted by atomic mass is 9.94. The molecule has 0 bridgehead atoms. The van der Waals surface area contributed by atoms with Crippen LogP contribution >= 0.6 is 11.3 Å².